The normalized spacial score (nSPS) is 12.0. The number of ether oxygens (including phenoxy) is 2. The minimum Gasteiger partial charge on any atom is -0.481 e. The van der Waals surface area contributed by atoms with Gasteiger partial charge in [-0.25, -0.2) is 4.39 Å². The summed E-state index contributed by atoms with van der Waals surface area (Å²) in [7, 11) is 3.16. The van der Waals surface area contributed by atoms with Gasteiger partial charge in [0.15, 0.2) is 6.10 Å². The lowest BCUT2D eigenvalue weighted by Crippen LogP contribution is -2.34. The summed E-state index contributed by atoms with van der Waals surface area (Å²) in [5, 5.41) is 5.62. The molecule has 2 N–H and O–H groups in total. The molecule has 0 aromatic heterocycles. The highest BCUT2D eigenvalue weighted by Gasteiger charge is 2.15. The van der Waals surface area contributed by atoms with Gasteiger partial charge in [-0.3, -0.25) is 4.79 Å². The monoisotopic (exact) mass is 284 g/mol. The van der Waals surface area contributed by atoms with Crippen molar-refractivity contribution in [2.45, 2.75) is 19.6 Å². The third-order valence-electron chi connectivity index (χ3n) is 2.74. The third kappa shape index (κ3) is 5.14. The minimum atomic E-state index is -0.636. The Hall–Kier alpha value is -1.66. The van der Waals surface area contributed by atoms with Crippen LogP contribution in [0.25, 0.3) is 0 Å². The lowest BCUT2D eigenvalue weighted by Gasteiger charge is -2.16. The zero-order valence-corrected chi connectivity index (χ0v) is 12.0. The first-order chi connectivity index (χ1) is 9.58. The van der Waals surface area contributed by atoms with Crippen LogP contribution in [-0.4, -0.2) is 39.3 Å². The topological polar surface area (TPSA) is 59.6 Å². The highest BCUT2D eigenvalue weighted by molar-refractivity contribution is 5.80. The largest absolute Gasteiger partial charge is 0.481 e. The van der Waals surface area contributed by atoms with Gasteiger partial charge in [0.25, 0.3) is 5.91 Å². The Morgan fingerprint density at radius 1 is 1.45 bits per heavy atom. The molecule has 0 aliphatic rings. The van der Waals surface area contributed by atoms with Crippen molar-refractivity contribution in [3.05, 3.63) is 29.6 Å². The molecule has 1 rings (SSSR count). The fourth-order valence-electron chi connectivity index (χ4n) is 1.65. The van der Waals surface area contributed by atoms with Crippen LogP contribution in [0.15, 0.2) is 18.2 Å². The van der Waals surface area contributed by atoms with E-state index in [1.54, 1.807) is 21.1 Å². The summed E-state index contributed by atoms with van der Waals surface area (Å²) in [5.41, 5.74) is 0.664. The number of methoxy groups -OCH3 is 1. The lowest BCUT2D eigenvalue weighted by molar-refractivity contribution is -0.126. The molecule has 20 heavy (non-hydrogen) atoms. The molecule has 6 heteroatoms. The number of likely N-dealkylation sites (N-methyl/N-ethyl adjacent to an activating group) is 1. The van der Waals surface area contributed by atoms with Crippen LogP contribution < -0.4 is 15.4 Å². The van der Waals surface area contributed by atoms with Crippen LogP contribution in [-0.2, 0) is 16.1 Å². The van der Waals surface area contributed by atoms with Crippen LogP contribution in [0.2, 0.25) is 0 Å². The number of nitrogens with one attached hydrogen (secondary N) is 2. The molecule has 0 aliphatic carbocycles. The molecule has 1 amide bonds. The Kier molecular flexibility index (Phi) is 6.97. The molecule has 1 aromatic carbocycles. The number of halogens is 1. The van der Waals surface area contributed by atoms with Crippen LogP contribution in [0.4, 0.5) is 4.39 Å². The van der Waals surface area contributed by atoms with Gasteiger partial charge in [0.05, 0.1) is 6.61 Å². The third-order valence-corrected chi connectivity index (χ3v) is 2.74. The zero-order valence-electron chi connectivity index (χ0n) is 12.0. The molecular formula is C14H21FN2O3. The summed E-state index contributed by atoms with van der Waals surface area (Å²) >= 11 is 0. The average molecular weight is 284 g/mol. The Morgan fingerprint density at radius 3 is 2.85 bits per heavy atom. The second-order valence-corrected chi connectivity index (χ2v) is 4.30. The molecule has 0 aliphatic heterocycles. The van der Waals surface area contributed by atoms with Gasteiger partial charge in [0.2, 0.25) is 0 Å². The number of benzene rings is 1. The molecule has 0 bridgehead atoms. The molecule has 1 unspecified atom stereocenters. The molecule has 0 heterocycles. The fraction of sp³-hybridized carbons (Fsp3) is 0.500. The van der Waals surface area contributed by atoms with Crippen molar-refractivity contribution in [3.8, 4) is 5.75 Å². The van der Waals surface area contributed by atoms with E-state index in [1.165, 1.54) is 18.2 Å². The van der Waals surface area contributed by atoms with E-state index in [-0.39, 0.29) is 11.7 Å². The molecule has 5 nitrogen and oxygen atoms in total. The Bertz CT molecular complexity index is 440. The van der Waals surface area contributed by atoms with Crippen molar-refractivity contribution in [1.29, 1.82) is 0 Å². The van der Waals surface area contributed by atoms with E-state index in [0.29, 0.717) is 31.0 Å². The predicted octanol–water partition coefficient (Wildman–Crippen LogP) is 1.07. The maximum Gasteiger partial charge on any atom is 0.260 e. The average Bonchev–Trinajstić information content (AvgIpc) is 2.45. The fourth-order valence-corrected chi connectivity index (χ4v) is 1.65. The molecular weight excluding hydrogens is 263 g/mol. The molecule has 0 spiro atoms. The maximum atomic E-state index is 13.3. The first kappa shape index (κ1) is 16.4. The molecule has 0 fully saturated rings. The summed E-state index contributed by atoms with van der Waals surface area (Å²) < 4.78 is 23.8. The molecule has 0 radical (unpaired) electrons. The maximum absolute atomic E-state index is 13.3. The smallest absolute Gasteiger partial charge is 0.260 e. The number of hydrogen-bond acceptors (Lipinski definition) is 4. The quantitative estimate of drug-likeness (QED) is 0.701. The summed E-state index contributed by atoms with van der Waals surface area (Å²) in [6, 6.07) is 4.23. The van der Waals surface area contributed by atoms with Gasteiger partial charge >= 0.3 is 0 Å². The van der Waals surface area contributed by atoms with Gasteiger partial charge in [-0.05, 0) is 25.1 Å². The van der Waals surface area contributed by atoms with Crippen molar-refractivity contribution >= 4 is 5.91 Å². The molecule has 112 valence electrons. The summed E-state index contributed by atoms with van der Waals surface area (Å²) in [6.45, 7) is 3.30. The highest BCUT2D eigenvalue weighted by Crippen LogP contribution is 2.21. The van der Waals surface area contributed by atoms with Crippen LogP contribution in [0.1, 0.15) is 12.5 Å². The van der Waals surface area contributed by atoms with Gasteiger partial charge in [-0.15, -0.1) is 0 Å². The second kappa shape index (κ2) is 8.50. The Balaban J connectivity index is 2.71. The van der Waals surface area contributed by atoms with E-state index in [0.717, 1.165) is 0 Å². The van der Waals surface area contributed by atoms with E-state index in [2.05, 4.69) is 10.6 Å². The Labute approximate surface area is 118 Å². The van der Waals surface area contributed by atoms with Crippen molar-refractivity contribution in [2.75, 3.05) is 27.3 Å². The molecule has 0 saturated heterocycles. The van der Waals surface area contributed by atoms with Crippen LogP contribution >= 0.6 is 0 Å². The number of carbonyl (C=O) groups is 1. The molecule has 1 atom stereocenters. The van der Waals surface area contributed by atoms with Gasteiger partial charge in [-0.1, -0.05) is 0 Å². The summed E-state index contributed by atoms with van der Waals surface area (Å²) in [4.78, 5) is 11.5. The minimum absolute atomic E-state index is 0.229. The predicted molar refractivity (Wildman–Crippen MR) is 74.1 cm³/mol. The standard InChI is InChI=1S/C14H21FN2O3/c1-10(14(18)16-2)20-13-5-4-12(15)8-11(13)9-17-6-7-19-3/h4-5,8,10,17H,6-7,9H2,1-3H3,(H,16,18). The van der Waals surface area contributed by atoms with E-state index < -0.39 is 6.10 Å². The van der Waals surface area contributed by atoms with Crippen LogP contribution in [0.5, 0.6) is 5.75 Å². The number of rotatable bonds is 8. The number of amides is 1. The SMILES string of the molecule is CNC(=O)C(C)Oc1ccc(F)cc1CNCCOC. The highest BCUT2D eigenvalue weighted by atomic mass is 19.1. The number of carbonyl (C=O) groups excluding carboxylic acids is 1. The zero-order chi connectivity index (χ0) is 15.0. The first-order valence-electron chi connectivity index (χ1n) is 6.44. The van der Waals surface area contributed by atoms with Crippen LogP contribution in [0.3, 0.4) is 0 Å². The number of hydrogen-bond donors (Lipinski definition) is 2. The van der Waals surface area contributed by atoms with Gasteiger partial charge < -0.3 is 20.1 Å². The second-order valence-electron chi connectivity index (χ2n) is 4.30. The van der Waals surface area contributed by atoms with Crippen LogP contribution in [0, 0.1) is 5.82 Å². The lowest BCUT2D eigenvalue weighted by atomic mass is 10.2. The first-order valence-corrected chi connectivity index (χ1v) is 6.44. The van der Waals surface area contributed by atoms with Gasteiger partial charge in [0.1, 0.15) is 11.6 Å². The Morgan fingerprint density at radius 2 is 2.20 bits per heavy atom. The summed E-state index contributed by atoms with van der Waals surface area (Å²) in [6.07, 6.45) is -0.636. The molecule has 0 saturated carbocycles. The summed E-state index contributed by atoms with van der Waals surface area (Å²) in [5.74, 6) is -0.0754. The van der Waals surface area contributed by atoms with Crippen molar-refractivity contribution in [1.82, 2.24) is 10.6 Å². The van der Waals surface area contributed by atoms with Gasteiger partial charge in [-0.2, -0.15) is 0 Å². The van der Waals surface area contributed by atoms with Crippen molar-refractivity contribution < 1.29 is 18.7 Å². The van der Waals surface area contributed by atoms with Gasteiger partial charge in [0, 0.05) is 32.8 Å². The van der Waals surface area contributed by atoms with E-state index in [9.17, 15) is 9.18 Å². The van der Waals surface area contributed by atoms with Crippen molar-refractivity contribution in [3.63, 3.8) is 0 Å². The van der Waals surface area contributed by atoms with E-state index in [4.69, 9.17) is 9.47 Å². The molecule has 1 aromatic rings. The van der Waals surface area contributed by atoms with Crippen molar-refractivity contribution in [2.24, 2.45) is 0 Å². The van der Waals surface area contributed by atoms with E-state index in [1.807, 2.05) is 0 Å². The van der Waals surface area contributed by atoms with E-state index >= 15 is 0 Å².